The first-order chi connectivity index (χ1) is 29.9. The van der Waals surface area contributed by atoms with Gasteiger partial charge >= 0.3 is 11.9 Å². The standard InChI is InChI=1S/C50H96N4O6S.H2/c1-6-10-13-16-21-28-36-45(9-4)59-47(55)39-31-24-19-26-33-42-54(44-35-41-51-49-50(58-5)53-61(57)52-49)43-34-27-20-25-32-40-48(56)60-46(37-29-22-17-14-11-7-2)38-30-23-18-15-12-8-3;/h45-46H,6-44H2,1-5H3,(H,51,52);1H. The van der Waals surface area contributed by atoms with E-state index in [2.05, 4.69) is 46.7 Å². The van der Waals surface area contributed by atoms with Crippen molar-refractivity contribution in [1.82, 2.24) is 10.2 Å². The first kappa shape index (κ1) is 57.0. The highest BCUT2D eigenvalue weighted by Crippen LogP contribution is 2.19. The molecule has 0 aromatic rings. The van der Waals surface area contributed by atoms with Gasteiger partial charge in [-0.3, -0.25) is 9.59 Å². The van der Waals surface area contributed by atoms with E-state index in [1.165, 1.54) is 116 Å². The zero-order chi connectivity index (χ0) is 44.4. The Hall–Kier alpha value is -2.01. The van der Waals surface area contributed by atoms with Gasteiger partial charge < -0.3 is 24.4 Å². The van der Waals surface area contributed by atoms with Crippen molar-refractivity contribution in [3.8, 4) is 0 Å². The number of carbonyl (C=O) groups is 2. The minimum Gasteiger partial charge on any atom is -0.478 e. The van der Waals surface area contributed by atoms with Gasteiger partial charge in [-0.25, -0.2) is 4.21 Å². The number of rotatable bonds is 44. The smallest absolute Gasteiger partial charge is 0.306 e. The Balaban J connectivity index is 0.0000372. The van der Waals surface area contributed by atoms with E-state index in [9.17, 15) is 13.8 Å². The highest BCUT2D eigenvalue weighted by molar-refractivity contribution is 7.83. The van der Waals surface area contributed by atoms with E-state index in [1.807, 2.05) is 0 Å². The minimum atomic E-state index is -1.61. The Labute approximate surface area is 380 Å². The number of hydrogen-bond acceptors (Lipinski definition) is 8. The van der Waals surface area contributed by atoms with Gasteiger partial charge in [0, 0.05) is 20.8 Å². The lowest BCUT2D eigenvalue weighted by Crippen LogP contribution is -2.34. The fraction of sp³-hybridized carbons (Fsp3) is 0.920. The second kappa shape index (κ2) is 42.0. The summed E-state index contributed by atoms with van der Waals surface area (Å²) < 4.78 is 36.7. The third-order valence-corrected chi connectivity index (χ3v) is 12.7. The molecule has 0 aliphatic carbocycles. The van der Waals surface area contributed by atoms with E-state index in [1.54, 1.807) is 0 Å². The summed E-state index contributed by atoms with van der Waals surface area (Å²) in [7, 11) is 1.52. The molecule has 61 heavy (non-hydrogen) atoms. The molecule has 1 rings (SSSR count). The SMILES string of the molecule is CCCCCCCCC(CC)OC(=O)CCCCCCCN(CCCCCCCC(=O)OC(CCCCCCCC)CCCCCCCC)CCCNC1=NS(=O)N=C1OC.[HH]. The Morgan fingerprint density at radius 3 is 1.39 bits per heavy atom. The van der Waals surface area contributed by atoms with E-state index in [0.717, 1.165) is 122 Å². The lowest BCUT2D eigenvalue weighted by Gasteiger charge is -2.22. The van der Waals surface area contributed by atoms with Crippen molar-refractivity contribution < 1.29 is 29.4 Å². The Kier molecular flexibility index (Phi) is 39.2. The minimum absolute atomic E-state index is 0. The quantitative estimate of drug-likeness (QED) is 0.0475. The normalized spacial score (nSPS) is 14.4. The van der Waals surface area contributed by atoms with Crippen LogP contribution in [0.15, 0.2) is 8.80 Å². The summed E-state index contributed by atoms with van der Waals surface area (Å²) in [5.41, 5.74) is 0. The average Bonchev–Trinajstić information content (AvgIpc) is 3.63. The van der Waals surface area contributed by atoms with E-state index >= 15 is 0 Å². The summed E-state index contributed by atoms with van der Waals surface area (Å²) in [5.74, 6) is 0.748. The van der Waals surface area contributed by atoms with Crippen LogP contribution in [-0.4, -0.2) is 78.3 Å². The number of amidine groups is 1. The molecule has 1 N–H and O–H groups in total. The number of methoxy groups -OCH3 is 1. The van der Waals surface area contributed by atoms with Crippen LogP contribution in [0.25, 0.3) is 0 Å². The third kappa shape index (κ3) is 34.1. The van der Waals surface area contributed by atoms with Crippen LogP contribution in [0.3, 0.4) is 0 Å². The molecule has 0 fully saturated rings. The van der Waals surface area contributed by atoms with E-state index in [-0.39, 0.29) is 25.6 Å². The van der Waals surface area contributed by atoms with Gasteiger partial charge in [0.2, 0.25) is 5.84 Å². The predicted molar refractivity (Wildman–Crippen MR) is 261 cm³/mol. The molecule has 360 valence electrons. The van der Waals surface area contributed by atoms with Gasteiger partial charge in [-0.05, 0) is 96.7 Å². The molecule has 2 atom stereocenters. The molecule has 0 bridgehead atoms. The van der Waals surface area contributed by atoms with Crippen molar-refractivity contribution in [2.45, 2.75) is 265 Å². The Morgan fingerprint density at radius 1 is 0.541 bits per heavy atom. The molecule has 1 aliphatic heterocycles. The van der Waals surface area contributed by atoms with Crippen molar-refractivity contribution in [2.75, 3.05) is 33.3 Å². The van der Waals surface area contributed by atoms with Crippen LogP contribution in [0.5, 0.6) is 0 Å². The van der Waals surface area contributed by atoms with Crippen LogP contribution in [0.2, 0.25) is 0 Å². The van der Waals surface area contributed by atoms with Gasteiger partial charge in [0.1, 0.15) is 12.2 Å². The topological polar surface area (TPSA) is 119 Å². The maximum atomic E-state index is 12.9. The summed E-state index contributed by atoms with van der Waals surface area (Å²) in [4.78, 5) is 28.0. The van der Waals surface area contributed by atoms with E-state index < -0.39 is 11.2 Å². The first-order valence-corrected chi connectivity index (χ1v) is 26.9. The molecular weight excluding hydrogens is 785 g/mol. The summed E-state index contributed by atoms with van der Waals surface area (Å²) in [5, 5.41) is 3.25. The van der Waals surface area contributed by atoms with Crippen molar-refractivity contribution in [3.05, 3.63) is 0 Å². The highest BCUT2D eigenvalue weighted by Gasteiger charge is 2.19. The summed E-state index contributed by atoms with van der Waals surface area (Å²) >= 11 is -1.61. The van der Waals surface area contributed by atoms with Gasteiger partial charge in [0.05, 0.1) is 7.11 Å². The predicted octanol–water partition coefficient (Wildman–Crippen LogP) is 13.7. The summed E-state index contributed by atoms with van der Waals surface area (Å²) in [6, 6.07) is 0. The molecule has 0 saturated carbocycles. The van der Waals surface area contributed by atoms with Crippen LogP contribution < -0.4 is 5.32 Å². The van der Waals surface area contributed by atoms with Crippen LogP contribution in [0.4, 0.5) is 0 Å². The molecule has 0 spiro atoms. The number of unbranched alkanes of at least 4 members (excludes halogenated alkanes) is 23. The number of hydrogen-bond donors (Lipinski definition) is 1. The zero-order valence-corrected chi connectivity index (χ0v) is 41.2. The van der Waals surface area contributed by atoms with Crippen LogP contribution >= 0.6 is 0 Å². The Morgan fingerprint density at radius 2 is 0.934 bits per heavy atom. The number of carbonyl (C=O) groups excluding carboxylic acids is 2. The lowest BCUT2D eigenvalue weighted by molar-refractivity contribution is -0.150. The fourth-order valence-electron chi connectivity index (χ4n) is 8.16. The van der Waals surface area contributed by atoms with Crippen LogP contribution in [0, 0.1) is 0 Å². The number of nitrogens with one attached hydrogen (secondary N) is 1. The summed E-state index contributed by atoms with van der Waals surface area (Å²) in [6.07, 6.45) is 39.8. The molecule has 0 aromatic carbocycles. The van der Waals surface area contributed by atoms with Crippen molar-refractivity contribution in [1.29, 1.82) is 0 Å². The average molecular weight is 883 g/mol. The molecule has 0 amide bonds. The molecule has 2 unspecified atom stereocenters. The zero-order valence-electron chi connectivity index (χ0n) is 40.4. The van der Waals surface area contributed by atoms with Crippen molar-refractivity contribution in [2.24, 2.45) is 8.80 Å². The van der Waals surface area contributed by atoms with Gasteiger partial charge in [-0.15, -0.1) is 8.80 Å². The molecule has 1 heterocycles. The largest absolute Gasteiger partial charge is 0.478 e. The molecule has 10 nitrogen and oxygen atoms in total. The second-order valence-corrected chi connectivity index (χ2v) is 18.6. The van der Waals surface area contributed by atoms with Crippen molar-refractivity contribution >= 4 is 34.8 Å². The van der Waals surface area contributed by atoms with Crippen LogP contribution in [0.1, 0.15) is 254 Å². The maximum Gasteiger partial charge on any atom is 0.306 e. The number of esters is 2. The van der Waals surface area contributed by atoms with E-state index in [4.69, 9.17) is 14.2 Å². The lowest BCUT2D eigenvalue weighted by atomic mass is 10.0. The van der Waals surface area contributed by atoms with Crippen molar-refractivity contribution in [3.63, 3.8) is 0 Å². The van der Waals surface area contributed by atoms with Gasteiger partial charge in [-0.2, -0.15) is 0 Å². The van der Waals surface area contributed by atoms with Gasteiger partial charge in [0.25, 0.3) is 17.1 Å². The monoisotopic (exact) mass is 883 g/mol. The molecule has 0 aromatic heterocycles. The first-order valence-electron chi connectivity index (χ1n) is 25.9. The Bertz CT molecular complexity index is 1130. The molecule has 0 saturated heterocycles. The molecule has 0 radical (unpaired) electrons. The van der Waals surface area contributed by atoms with Gasteiger partial charge in [0.15, 0.2) is 0 Å². The highest BCUT2D eigenvalue weighted by atomic mass is 32.2. The third-order valence-electron chi connectivity index (χ3n) is 12.1. The number of nitrogens with zero attached hydrogens (tertiary/aromatic N) is 3. The molecule has 1 aliphatic rings. The molecular formula is C50H98N4O6S. The maximum absolute atomic E-state index is 12.9. The summed E-state index contributed by atoms with van der Waals surface area (Å²) in [6.45, 7) is 12.7. The molecule has 11 heteroatoms. The number of ether oxygens (including phenoxy) is 3. The van der Waals surface area contributed by atoms with Crippen LogP contribution in [-0.2, 0) is 35.0 Å². The fourth-order valence-corrected chi connectivity index (χ4v) is 8.81. The second-order valence-electron chi connectivity index (χ2n) is 17.7. The van der Waals surface area contributed by atoms with E-state index in [0.29, 0.717) is 31.1 Å². The van der Waals surface area contributed by atoms with Gasteiger partial charge in [-0.1, -0.05) is 163 Å².